The molecule has 1 amide bonds. The fourth-order valence-electron chi connectivity index (χ4n) is 6.99. The summed E-state index contributed by atoms with van der Waals surface area (Å²) in [6.45, 7) is 10.3. The lowest BCUT2D eigenvalue weighted by Crippen LogP contribution is -2.49. The highest BCUT2D eigenvalue weighted by Crippen LogP contribution is 2.24. The van der Waals surface area contributed by atoms with E-state index >= 15 is 0 Å². The Balaban J connectivity index is 0.000000158. The molecular formula is C34H50N4O. The minimum atomic E-state index is 0.113. The quantitative estimate of drug-likeness (QED) is 0.453. The van der Waals surface area contributed by atoms with Gasteiger partial charge >= 0.3 is 0 Å². The third kappa shape index (κ3) is 8.39. The number of piperidine rings is 2. The number of amides is 1. The van der Waals surface area contributed by atoms with Gasteiger partial charge in [-0.2, -0.15) is 0 Å². The maximum Gasteiger partial charge on any atom is 0.239 e. The summed E-state index contributed by atoms with van der Waals surface area (Å²) in [5.74, 6) is 0.373. The number of hydrogen-bond donors (Lipinski definition) is 0. The molecule has 0 bridgehead atoms. The number of benzene rings is 2. The molecule has 0 saturated carbocycles. The second kappa shape index (κ2) is 15.0. The molecule has 5 nitrogen and oxygen atoms in total. The van der Waals surface area contributed by atoms with Crippen LogP contribution in [-0.2, 0) is 17.9 Å². The molecular weight excluding hydrogens is 480 g/mol. The van der Waals surface area contributed by atoms with Gasteiger partial charge in [0.15, 0.2) is 0 Å². The molecule has 0 N–H and O–H groups in total. The molecule has 39 heavy (non-hydrogen) atoms. The second-order valence-electron chi connectivity index (χ2n) is 12.1. The van der Waals surface area contributed by atoms with Crippen LogP contribution in [-0.4, -0.2) is 83.4 Å². The topological polar surface area (TPSA) is 30.0 Å². The molecule has 0 aliphatic carbocycles. The fourth-order valence-corrected chi connectivity index (χ4v) is 6.99. The van der Waals surface area contributed by atoms with Crippen molar-refractivity contribution in [1.82, 2.24) is 19.6 Å². The van der Waals surface area contributed by atoms with Crippen molar-refractivity contribution in [2.75, 3.05) is 45.8 Å². The van der Waals surface area contributed by atoms with E-state index in [1.165, 1.54) is 95.1 Å². The zero-order valence-corrected chi connectivity index (χ0v) is 24.1. The van der Waals surface area contributed by atoms with E-state index in [0.29, 0.717) is 5.91 Å². The van der Waals surface area contributed by atoms with E-state index in [1.54, 1.807) is 0 Å². The molecule has 212 valence electrons. The van der Waals surface area contributed by atoms with Crippen molar-refractivity contribution in [3.05, 3.63) is 71.8 Å². The van der Waals surface area contributed by atoms with Gasteiger partial charge in [0.2, 0.25) is 5.91 Å². The summed E-state index contributed by atoms with van der Waals surface area (Å²) in [6.07, 6.45) is 12.8. The van der Waals surface area contributed by atoms with Crippen LogP contribution in [0.15, 0.2) is 60.7 Å². The number of nitrogens with zero attached hydrogens (tertiary/aromatic N) is 4. The Morgan fingerprint density at radius 1 is 0.590 bits per heavy atom. The second-order valence-corrected chi connectivity index (χ2v) is 12.1. The monoisotopic (exact) mass is 530 g/mol. The van der Waals surface area contributed by atoms with E-state index < -0.39 is 0 Å². The predicted molar refractivity (Wildman–Crippen MR) is 160 cm³/mol. The van der Waals surface area contributed by atoms with Crippen molar-refractivity contribution in [1.29, 1.82) is 0 Å². The molecule has 2 atom stereocenters. The summed E-state index contributed by atoms with van der Waals surface area (Å²) in [5, 5.41) is 0. The van der Waals surface area contributed by atoms with E-state index in [1.807, 2.05) is 6.07 Å². The highest BCUT2D eigenvalue weighted by molar-refractivity contribution is 5.82. The molecule has 5 heteroatoms. The molecule has 4 aliphatic heterocycles. The average Bonchev–Trinajstić information content (AvgIpc) is 3.68. The first-order valence-electron chi connectivity index (χ1n) is 15.8. The van der Waals surface area contributed by atoms with Crippen LogP contribution in [0.25, 0.3) is 0 Å². The van der Waals surface area contributed by atoms with Crippen molar-refractivity contribution in [2.45, 2.75) is 89.4 Å². The first-order chi connectivity index (χ1) is 19.3. The highest BCUT2D eigenvalue weighted by Gasteiger charge is 2.33. The molecule has 2 aromatic rings. The Morgan fingerprint density at radius 3 is 1.82 bits per heavy atom. The Kier molecular flexibility index (Phi) is 10.9. The average molecular weight is 531 g/mol. The Bertz CT molecular complexity index is 971. The van der Waals surface area contributed by atoms with Crippen LogP contribution in [0.3, 0.4) is 0 Å². The number of hydrogen-bond acceptors (Lipinski definition) is 4. The standard InChI is InChI=1S/C17H24N2O.C17H26N2/c20-17(18-11-6-7-12-18)16-10-4-5-13-19(16)14-15-8-2-1-3-9-15;1-3-8-16(9-4-1)14-19-13-7-10-17(19)15-18-11-5-2-6-12-18/h1-3,8-9,16H,4-7,10-14H2;1,3-4,8-9,17H,2,5-7,10-15H2/t16-;17-/m00/s1. The van der Waals surface area contributed by atoms with Crippen molar-refractivity contribution < 1.29 is 4.79 Å². The minimum absolute atomic E-state index is 0.113. The lowest BCUT2D eigenvalue weighted by Gasteiger charge is -2.36. The van der Waals surface area contributed by atoms with Crippen molar-refractivity contribution >= 4 is 5.91 Å². The molecule has 2 aromatic carbocycles. The summed E-state index contributed by atoms with van der Waals surface area (Å²) in [6, 6.07) is 22.4. The maximum atomic E-state index is 12.7. The molecule has 4 heterocycles. The first kappa shape index (κ1) is 28.3. The predicted octanol–water partition coefficient (Wildman–Crippen LogP) is 5.80. The third-order valence-corrected chi connectivity index (χ3v) is 9.19. The molecule has 0 unspecified atom stereocenters. The van der Waals surface area contributed by atoms with E-state index in [2.05, 4.69) is 74.2 Å². The molecule has 4 fully saturated rings. The lowest BCUT2D eigenvalue weighted by molar-refractivity contribution is -0.137. The maximum absolute atomic E-state index is 12.7. The van der Waals surface area contributed by atoms with Gasteiger partial charge in [-0.15, -0.1) is 0 Å². The summed E-state index contributed by atoms with van der Waals surface area (Å²) < 4.78 is 0. The molecule has 0 radical (unpaired) electrons. The Hall–Kier alpha value is -2.21. The van der Waals surface area contributed by atoms with Crippen LogP contribution in [0.1, 0.15) is 75.3 Å². The SMILES string of the molecule is O=C([C@@H]1CCCCN1Cc1ccccc1)N1CCCC1.c1ccc(CN2CCC[C@H]2CN2CCCCC2)cc1. The van der Waals surface area contributed by atoms with Crippen LogP contribution in [0.5, 0.6) is 0 Å². The van der Waals surface area contributed by atoms with Gasteiger partial charge in [-0.1, -0.05) is 73.5 Å². The molecule has 4 saturated heterocycles. The zero-order chi connectivity index (χ0) is 26.7. The van der Waals surface area contributed by atoms with Gasteiger partial charge in [0.1, 0.15) is 0 Å². The molecule has 0 aromatic heterocycles. The van der Waals surface area contributed by atoms with Gasteiger partial charge in [-0.05, 0) is 88.7 Å². The zero-order valence-electron chi connectivity index (χ0n) is 24.1. The molecule has 4 aliphatic rings. The molecule has 0 spiro atoms. The summed E-state index contributed by atoms with van der Waals surface area (Å²) in [7, 11) is 0. The van der Waals surface area contributed by atoms with Gasteiger partial charge in [0.25, 0.3) is 0 Å². The molecule has 6 rings (SSSR count). The number of carbonyl (C=O) groups excluding carboxylic acids is 1. The summed E-state index contributed by atoms with van der Waals surface area (Å²) >= 11 is 0. The fraction of sp³-hybridized carbons (Fsp3) is 0.618. The van der Waals surface area contributed by atoms with Crippen LogP contribution >= 0.6 is 0 Å². The van der Waals surface area contributed by atoms with Gasteiger partial charge < -0.3 is 9.80 Å². The van der Waals surface area contributed by atoms with Gasteiger partial charge in [-0.3, -0.25) is 14.6 Å². The summed E-state index contributed by atoms with van der Waals surface area (Å²) in [5.41, 5.74) is 2.78. The summed E-state index contributed by atoms with van der Waals surface area (Å²) in [4.78, 5) is 22.5. The largest absolute Gasteiger partial charge is 0.341 e. The number of carbonyl (C=O) groups is 1. The van der Waals surface area contributed by atoms with Crippen LogP contribution in [0.2, 0.25) is 0 Å². The number of likely N-dealkylation sites (tertiary alicyclic amines) is 4. The van der Waals surface area contributed by atoms with Gasteiger partial charge in [0, 0.05) is 38.8 Å². The van der Waals surface area contributed by atoms with E-state index in [-0.39, 0.29) is 6.04 Å². The lowest BCUT2D eigenvalue weighted by atomic mass is 10.00. The highest BCUT2D eigenvalue weighted by atomic mass is 16.2. The third-order valence-electron chi connectivity index (χ3n) is 9.19. The van der Waals surface area contributed by atoms with E-state index in [9.17, 15) is 4.79 Å². The van der Waals surface area contributed by atoms with E-state index in [4.69, 9.17) is 0 Å². The van der Waals surface area contributed by atoms with Crippen molar-refractivity contribution in [2.24, 2.45) is 0 Å². The van der Waals surface area contributed by atoms with E-state index in [0.717, 1.165) is 45.2 Å². The van der Waals surface area contributed by atoms with Crippen LogP contribution in [0, 0.1) is 0 Å². The Labute approximate surface area is 237 Å². The van der Waals surface area contributed by atoms with Crippen LogP contribution < -0.4 is 0 Å². The normalized spacial score (nSPS) is 24.9. The van der Waals surface area contributed by atoms with Crippen molar-refractivity contribution in [3.63, 3.8) is 0 Å². The van der Waals surface area contributed by atoms with Crippen molar-refractivity contribution in [3.8, 4) is 0 Å². The smallest absolute Gasteiger partial charge is 0.239 e. The van der Waals surface area contributed by atoms with Crippen LogP contribution in [0.4, 0.5) is 0 Å². The van der Waals surface area contributed by atoms with Gasteiger partial charge in [-0.25, -0.2) is 0 Å². The Morgan fingerprint density at radius 2 is 1.15 bits per heavy atom. The minimum Gasteiger partial charge on any atom is -0.341 e. The first-order valence-corrected chi connectivity index (χ1v) is 15.8. The number of rotatable bonds is 7. The van der Waals surface area contributed by atoms with Gasteiger partial charge in [0.05, 0.1) is 6.04 Å².